The molecule has 3 rings (SSSR count). The number of carbonyl (C=O) groups is 2. The molecule has 0 aliphatic rings. The van der Waals surface area contributed by atoms with Gasteiger partial charge in [0.2, 0.25) is 0 Å². The maximum absolute atomic E-state index is 12.9. The lowest BCUT2D eigenvalue weighted by atomic mass is 10.2. The maximum atomic E-state index is 12.9. The van der Waals surface area contributed by atoms with Crippen molar-refractivity contribution >= 4 is 17.6 Å². The van der Waals surface area contributed by atoms with Gasteiger partial charge in [0.25, 0.3) is 5.91 Å². The van der Waals surface area contributed by atoms with Crippen LogP contribution in [0.2, 0.25) is 0 Å². The van der Waals surface area contributed by atoms with Gasteiger partial charge in [-0.1, -0.05) is 66.7 Å². The summed E-state index contributed by atoms with van der Waals surface area (Å²) >= 11 is 0. The number of nitrogens with one attached hydrogen (secondary N) is 1. The first kappa shape index (κ1) is 18.4. The van der Waals surface area contributed by atoms with Crippen molar-refractivity contribution in [1.82, 2.24) is 5.32 Å². The molecule has 1 N–H and O–H groups in total. The van der Waals surface area contributed by atoms with Crippen molar-refractivity contribution in [2.24, 2.45) is 0 Å². The third-order valence-corrected chi connectivity index (χ3v) is 3.88. The third kappa shape index (κ3) is 5.03. The number of hydrogen-bond acceptors (Lipinski definition) is 3. The minimum Gasteiger partial charge on any atom is -0.357 e. The quantitative estimate of drug-likeness (QED) is 0.529. The smallest absolute Gasteiger partial charge is 0.330 e. The predicted molar refractivity (Wildman–Crippen MR) is 104 cm³/mol. The number of amides is 3. The largest absolute Gasteiger partial charge is 0.357 e. The summed E-state index contributed by atoms with van der Waals surface area (Å²) in [7, 11) is 0. The number of ether oxygens (including phenoxy) is 1. The van der Waals surface area contributed by atoms with Crippen LogP contribution in [0.1, 0.15) is 15.9 Å². The Bertz CT molecular complexity index is 868. The van der Waals surface area contributed by atoms with Gasteiger partial charge in [-0.25, -0.2) is 9.69 Å². The lowest BCUT2D eigenvalue weighted by molar-refractivity contribution is 0.0973. The van der Waals surface area contributed by atoms with E-state index in [-0.39, 0.29) is 6.73 Å². The Labute approximate surface area is 158 Å². The Hall–Kier alpha value is -3.44. The molecule has 136 valence electrons. The molecule has 0 fully saturated rings. The molecular weight excluding hydrogens is 340 g/mol. The molecule has 0 unspecified atom stereocenters. The van der Waals surface area contributed by atoms with Gasteiger partial charge in [0, 0.05) is 5.56 Å². The molecule has 0 aromatic heterocycles. The summed E-state index contributed by atoms with van der Waals surface area (Å²) in [5.74, 6) is -0.401. The van der Waals surface area contributed by atoms with E-state index in [4.69, 9.17) is 4.74 Å². The highest BCUT2D eigenvalue weighted by molar-refractivity contribution is 6.20. The Morgan fingerprint density at radius 3 is 1.96 bits per heavy atom. The lowest BCUT2D eigenvalue weighted by Gasteiger charge is -2.21. The summed E-state index contributed by atoms with van der Waals surface area (Å²) in [6.45, 7) is 0.373. The van der Waals surface area contributed by atoms with Gasteiger partial charge in [-0.2, -0.15) is 0 Å². The number of imide groups is 1. The summed E-state index contributed by atoms with van der Waals surface area (Å²) in [5.41, 5.74) is 1.93. The van der Waals surface area contributed by atoms with Crippen molar-refractivity contribution in [2.45, 2.75) is 6.61 Å². The minimum atomic E-state index is -0.539. The lowest BCUT2D eigenvalue weighted by Crippen LogP contribution is -2.44. The fraction of sp³-hybridized carbons (Fsp3) is 0.0909. The second kappa shape index (κ2) is 9.31. The van der Waals surface area contributed by atoms with Gasteiger partial charge < -0.3 is 10.1 Å². The SMILES string of the molecule is O=C(NCOCc1ccccc1)N(C(=O)c1ccccc1)c1ccccc1. The van der Waals surface area contributed by atoms with Crippen molar-refractivity contribution in [1.29, 1.82) is 0 Å². The normalized spacial score (nSPS) is 10.2. The molecule has 0 aliphatic heterocycles. The van der Waals surface area contributed by atoms with Gasteiger partial charge in [-0.15, -0.1) is 0 Å². The topological polar surface area (TPSA) is 58.6 Å². The van der Waals surface area contributed by atoms with Gasteiger partial charge in [-0.3, -0.25) is 4.79 Å². The molecule has 0 bridgehead atoms. The first-order valence-electron chi connectivity index (χ1n) is 8.60. The number of hydrogen-bond donors (Lipinski definition) is 1. The molecule has 0 radical (unpaired) electrons. The highest BCUT2D eigenvalue weighted by atomic mass is 16.5. The number of rotatable bonds is 6. The van der Waals surface area contributed by atoms with Crippen LogP contribution in [0, 0.1) is 0 Å². The standard InChI is InChI=1S/C22H20N2O3/c25-21(19-12-6-2-7-13-19)24(20-14-8-3-9-15-20)22(26)23-17-27-16-18-10-4-1-5-11-18/h1-15H,16-17H2,(H,23,26). The first-order valence-corrected chi connectivity index (χ1v) is 8.60. The summed E-state index contributed by atoms with van der Waals surface area (Å²) in [4.78, 5) is 26.7. The van der Waals surface area contributed by atoms with Crippen LogP contribution in [-0.2, 0) is 11.3 Å². The van der Waals surface area contributed by atoms with Gasteiger partial charge >= 0.3 is 6.03 Å². The summed E-state index contributed by atoms with van der Waals surface area (Å²) in [5, 5.41) is 2.65. The van der Waals surface area contributed by atoms with E-state index >= 15 is 0 Å². The van der Waals surface area contributed by atoms with Crippen molar-refractivity contribution in [3.63, 3.8) is 0 Å². The number of para-hydroxylation sites is 1. The first-order chi connectivity index (χ1) is 13.3. The monoisotopic (exact) mass is 360 g/mol. The second-order valence-corrected chi connectivity index (χ2v) is 5.80. The number of benzene rings is 3. The van der Waals surface area contributed by atoms with Crippen molar-refractivity contribution in [3.8, 4) is 0 Å². The third-order valence-electron chi connectivity index (χ3n) is 3.88. The molecule has 0 heterocycles. The molecule has 3 amide bonds. The summed E-state index contributed by atoms with van der Waals surface area (Å²) < 4.78 is 5.49. The molecule has 5 heteroatoms. The zero-order chi connectivity index (χ0) is 18.9. The van der Waals surface area contributed by atoms with Crippen LogP contribution in [0.5, 0.6) is 0 Å². The van der Waals surface area contributed by atoms with Crippen molar-refractivity contribution in [3.05, 3.63) is 102 Å². The Balaban J connectivity index is 1.67. The molecule has 0 saturated carbocycles. The molecule has 3 aromatic rings. The van der Waals surface area contributed by atoms with E-state index in [1.807, 2.05) is 42.5 Å². The number of carbonyl (C=O) groups excluding carboxylic acids is 2. The molecule has 0 saturated heterocycles. The number of anilines is 1. The summed E-state index contributed by atoms with van der Waals surface area (Å²) in [6.07, 6.45) is 0. The highest BCUT2D eigenvalue weighted by Gasteiger charge is 2.24. The van der Waals surface area contributed by atoms with E-state index in [1.165, 1.54) is 0 Å². The van der Waals surface area contributed by atoms with E-state index in [2.05, 4.69) is 5.32 Å². The summed E-state index contributed by atoms with van der Waals surface area (Å²) in [6, 6.07) is 26.6. The number of nitrogens with zero attached hydrogens (tertiary/aromatic N) is 1. The molecule has 27 heavy (non-hydrogen) atoms. The maximum Gasteiger partial charge on any atom is 0.330 e. The predicted octanol–water partition coefficient (Wildman–Crippen LogP) is 4.22. The van der Waals surface area contributed by atoms with E-state index in [0.717, 1.165) is 10.5 Å². The molecule has 0 atom stereocenters. The van der Waals surface area contributed by atoms with Crippen LogP contribution >= 0.6 is 0 Å². The van der Waals surface area contributed by atoms with Crippen LogP contribution in [-0.4, -0.2) is 18.7 Å². The average Bonchev–Trinajstić information content (AvgIpc) is 2.73. The minimum absolute atomic E-state index is 0.000862. The average molecular weight is 360 g/mol. The van der Waals surface area contributed by atoms with Crippen molar-refractivity contribution < 1.29 is 14.3 Å². The van der Waals surface area contributed by atoms with E-state index in [1.54, 1.807) is 48.5 Å². The zero-order valence-corrected chi connectivity index (χ0v) is 14.7. The van der Waals surface area contributed by atoms with Gasteiger partial charge in [0.1, 0.15) is 6.73 Å². The van der Waals surface area contributed by atoms with Crippen LogP contribution in [0.15, 0.2) is 91.0 Å². The molecule has 0 aliphatic carbocycles. The van der Waals surface area contributed by atoms with Gasteiger partial charge in [0.05, 0.1) is 12.3 Å². The molecule has 5 nitrogen and oxygen atoms in total. The molecule has 0 spiro atoms. The van der Waals surface area contributed by atoms with E-state index < -0.39 is 11.9 Å². The van der Waals surface area contributed by atoms with Crippen LogP contribution < -0.4 is 10.2 Å². The molecular formula is C22H20N2O3. The Morgan fingerprint density at radius 1 is 0.778 bits per heavy atom. The van der Waals surface area contributed by atoms with Gasteiger partial charge in [0.15, 0.2) is 0 Å². The van der Waals surface area contributed by atoms with Gasteiger partial charge in [-0.05, 0) is 29.8 Å². The Morgan fingerprint density at radius 2 is 1.33 bits per heavy atom. The van der Waals surface area contributed by atoms with Crippen LogP contribution in [0.3, 0.4) is 0 Å². The second-order valence-electron chi connectivity index (χ2n) is 5.80. The molecule has 3 aromatic carbocycles. The van der Waals surface area contributed by atoms with Crippen LogP contribution in [0.4, 0.5) is 10.5 Å². The fourth-order valence-electron chi connectivity index (χ4n) is 2.55. The number of urea groups is 1. The zero-order valence-electron chi connectivity index (χ0n) is 14.7. The van der Waals surface area contributed by atoms with Crippen LogP contribution in [0.25, 0.3) is 0 Å². The fourth-order valence-corrected chi connectivity index (χ4v) is 2.55. The van der Waals surface area contributed by atoms with Crippen molar-refractivity contribution in [2.75, 3.05) is 11.6 Å². The Kier molecular flexibility index (Phi) is 6.33. The highest BCUT2D eigenvalue weighted by Crippen LogP contribution is 2.17. The van der Waals surface area contributed by atoms with E-state index in [0.29, 0.717) is 17.9 Å². The van der Waals surface area contributed by atoms with E-state index in [9.17, 15) is 9.59 Å².